The fourth-order valence-electron chi connectivity index (χ4n) is 2.54. The van der Waals surface area contributed by atoms with Crippen LogP contribution in [0.2, 0.25) is 0 Å². The highest BCUT2D eigenvalue weighted by Crippen LogP contribution is 2.34. The highest BCUT2D eigenvalue weighted by atomic mass is 19.4. The van der Waals surface area contributed by atoms with E-state index < -0.39 is 12.6 Å². The second-order valence-electron chi connectivity index (χ2n) is 4.99. The summed E-state index contributed by atoms with van der Waals surface area (Å²) in [5, 5.41) is 7.02. The summed E-state index contributed by atoms with van der Waals surface area (Å²) in [4.78, 5) is 4.15. The summed E-state index contributed by atoms with van der Waals surface area (Å²) in [7, 11) is 0. The SMILES string of the molecule is CCCC1(c2nc(CCC(F)(F)F)no2)CCCN1. The van der Waals surface area contributed by atoms with Crippen LogP contribution in [-0.4, -0.2) is 22.9 Å². The molecular weight excluding hydrogens is 259 g/mol. The van der Waals surface area contributed by atoms with Crippen LogP contribution in [0.5, 0.6) is 0 Å². The van der Waals surface area contributed by atoms with Gasteiger partial charge in [-0.25, -0.2) is 0 Å². The number of halogens is 3. The molecule has 0 saturated carbocycles. The van der Waals surface area contributed by atoms with Gasteiger partial charge in [-0.1, -0.05) is 18.5 Å². The molecule has 0 aliphatic carbocycles. The van der Waals surface area contributed by atoms with E-state index in [2.05, 4.69) is 22.4 Å². The summed E-state index contributed by atoms with van der Waals surface area (Å²) in [6, 6.07) is 0. The van der Waals surface area contributed by atoms with E-state index in [-0.39, 0.29) is 17.8 Å². The number of aryl methyl sites for hydroxylation is 1. The average Bonchev–Trinajstić information content (AvgIpc) is 2.94. The summed E-state index contributed by atoms with van der Waals surface area (Å²) < 4.78 is 41.6. The second-order valence-corrected chi connectivity index (χ2v) is 4.99. The van der Waals surface area contributed by atoms with Gasteiger partial charge in [0, 0.05) is 6.42 Å². The Bertz CT molecular complexity index is 411. The second kappa shape index (κ2) is 5.48. The van der Waals surface area contributed by atoms with E-state index in [9.17, 15) is 13.2 Å². The van der Waals surface area contributed by atoms with Gasteiger partial charge in [-0.05, 0) is 25.8 Å². The molecule has 4 nitrogen and oxygen atoms in total. The van der Waals surface area contributed by atoms with E-state index in [1.165, 1.54) is 0 Å². The number of hydrogen-bond donors (Lipinski definition) is 1. The van der Waals surface area contributed by atoms with Gasteiger partial charge in [0.15, 0.2) is 5.82 Å². The molecule has 1 fully saturated rings. The molecule has 1 unspecified atom stereocenters. The average molecular weight is 277 g/mol. The lowest BCUT2D eigenvalue weighted by Gasteiger charge is -2.24. The highest BCUT2D eigenvalue weighted by molar-refractivity contribution is 5.06. The Kier molecular flexibility index (Phi) is 4.13. The molecule has 0 amide bonds. The third-order valence-electron chi connectivity index (χ3n) is 3.43. The quantitative estimate of drug-likeness (QED) is 0.899. The molecule has 0 aromatic carbocycles. The lowest BCUT2D eigenvalue weighted by Crippen LogP contribution is -2.37. The fraction of sp³-hybridized carbons (Fsp3) is 0.833. The Labute approximate surface area is 109 Å². The summed E-state index contributed by atoms with van der Waals surface area (Å²) in [6.45, 7) is 2.93. The van der Waals surface area contributed by atoms with Crippen LogP contribution in [0.25, 0.3) is 0 Å². The Morgan fingerprint density at radius 2 is 2.21 bits per heavy atom. The number of hydrogen-bond acceptors (Lipinski definition) is 4. The maximum Gasteiger partial charge on any atom is 0.389 e. The summed E-state index contributed by atoms with van der Waals surface area (Å²) in [5.74, 6) is 0.570. The van der Waals surface area contributed by atoms with Crippen molar-refractivity contribution in [2.75, 3.05) is 6.54 Å². The molecule has 0 bridgehead atoms. The molecule has 108 valence electrons. The predicted molar refractivity (Wildman–Crippen MR) is 62.5 cm³/mol. The molecule has 7 heteroatoms. The molecule has 1 N–H and O–H groups in total. The number of rotatable bonds is 5. The van der Waals surface area contributed by atoms with Crippen LogP contribution in [0.15, 0.2) is 4.52 Å². The standard InChI is InChI=1S/C12H18F3N3O/c1-2-5-11(6-3-8-16-11)10-17-9(18-19-10)4-7-12(13,14)15/h16H,2-8H2,1H3. The molecule has 1 atom stereocenters. The molecule has 1 aliphatic rings. The van der Waals surface area contributed by atoms with Gasteiger partial charge in [-0.3, -0.25) is 0 Å². The molecule has 2 rings (SSSR count). The number of aromatic nitrogens is 2. The van der Waals surface area contributed by atoms with Crippen LogP contribution in [0.1, 0.15) is 50.7 Å². The summed E-state index contributed by atoms with van der Waals surface area (Å²) >= 11 is 0. The van der Waals surface area contributed by atoms with Crippen molar-refractivity contribution in [1.29, 1.82) is 0 Å². The first-order valence-electron chi connectivity index (χ1n) is 6.60. The van der Waals surface area contributed by atoms with Crippen LogP contribution in [0.3, 0.4) is 0 Å². The molecule has 1 aromatic rings. The Morgan fingerprint density at radius 3 is 2.79 bits per heavy atom. The normalized spacial score (nSPS) is 24.0. The van der Waals surface area contributed by atoms with Gasteiger partial charge in [0.1, 0.15) is 0 Å². The zero-order valence-corrected chi connectivity index (χ0v) is 10.9. The lowest BCUT2D eigenvalue weighted by atomic mass is 9.92. The maximum atomic E-state index is 12.1. The molecule has 1 aliphatic heterocycles. The van der Waals surface area contributed by atoms with Crippen molar-refractivity contribution in [2.45, 2.75) is 57.2 Å². The maximum absolute atomic E-state index is 12.1. The molecule has 1 aromatic heterocycles. The minimum Gasteiger partial charge on any atom is -0.337 e. The van der Waals surface area contributed by atoms with Crippen molar-refractivity contribution in [3.8, 4) is 0 Å². The molecule has 2 heterocycles. The third-order valence-corrected chi connectivity index (χ3v) is 3.43. The van der Waals surface area contributed by atoms with E-state index in [0.29, 0.717) is 5.89 Å². The fourth-order valence-corrected chi connectivity index (χ4v) is 2.54. The minimum absolute atomic E-state index is 0.136. The first kappa shape index (κ1) is 14.3. The monoisotopic (exact) mass is 277 g/mol. The van der Waals surface area contributed by atoms with Crippen LogP contribution < -0.4 is 5.32 Å². The Hall–Kier alpha value is -1.11. The van der Waals surface area contributed by atoms with Crippen LogP contribution in [-0.2, 0) is 12.0 Å². The minimum atomic E-state index is -4.19. The van der Waals surface area contributed by atoms with Gasteiger partial charge >= 0.3 is 6.18 Å². The van der Waals surface area contributed by atoms with Crippen molar-refractivity contribution < 1.29 is 17.7 Å². The molecule has 19 heavy (non-hydrogen) atoms. The van der Waals surface area contributed by atoms with Gasteiger partial charge < -0.3 is 9.84 Å². The smallest absolute Gasteiger partial charge is 0.337 e. The van der Waals surface area contributed by atoms with Gasteiger partial charge in [0.05, 0.1) is 12.0 Å². The first-order valence-corrected chi connectivity index (χ1v) is 6.60. The van der Waals surface area contributed by atoms with E-state index in [0.717, 1.165) is 32.2 Å². The predicted octanol–water partition coefficient (Wildman–Crippen LogP) is 2.94. The van der Waals surface area contributed by atoms with E-state index in [1.807, 2.05) is 0 Å². The molecule has 0 spiro atoms. The van der Waals surface area contributed by atoms with Gasteiger partial charge in [-0.15, -0.1) is 0 Å². The van der Waals surface area contributed by atoms with E-state index in [1.54, 1.807) is 0 Å². The van der Waals surface area contributed by atoms with Crippen molar-refractivity contribution in [2.24, 2.45) is 0 Å². The summed E-state index contributed by atoms with van der Waals surface area (Å²) in [5.41, 5.74) is -0.335. The third kappa shape index (κ3) is 3.46. The molecular formula is C12H18F3N3O. The van der Waals surface area contributed by atoms with Gasteiger partial charge in [0.2, 0.25) is 5.89 Å². The molecule has 0 radical (unpaired) electrons. The van der Waals surface area contributed by atoms with Crippen LogP contribution in [0, 0.1) is 0 Å². The lowest BCUT2D eigenvalue weighted by molar-refractivity contribution is -0.134. The number of alkyl halides is 3. The zero-order chi connectivity index (χ0) is 13.9. The number of nitrogens with one attached hydrogen (secondary N) is 1. The topological polar surface area (TPSA) is 51.0 Å². The van der Waals surface area contributed by atoms with Crippen LogP contribution >= 0.6 is 0 Å². The van der Waals surface area contributed by atoms with E-state index in [4.69, 9.17) is 4.52 Å². The van der Waals surface area contributed by atoms with Gasteiger partial charge in [-0.2, -0.15) is 18.2 Å². The molecule has 1 saturated heterocycles. The Balaban J connectivity index is 2.06. The summed E-state index contributed by atoms with van der Waals surface area (Å²) in [6.07, 6.45) is -1.62. The highest BCUT2D eigenvalue weighted by Gasteiger charge is 2.39. The van der Waals surface area contributed by atoms with Crippen molar-refractivity contribution in [3.05, 3.63) is 11.7 Å². The Morgan fingerprint density at radius 1 is 1.42 bits per heavy atom. The first-order chi connectivity index (χ1) is 8.95. The van der Waals surface area contributed by atoms with Crippen molar-refractivity contribution in [1.82, 2.24) is 15.5 Å². The van der Waals surface area contributed by atoms with Crippen LogP contribution in [0.4, 0.5) is 13.2 Å². The van der Waals surface area contributed by atoms with Gasteiger partial charge in [0.25, 0.3) is 0 Å². The number of nitrogens with zero attached hydrogens (tertiary/aromatic N) is 2. The van der Waals surface area contributed by atoms with Crippen molar-refractivity contribution >= 4 is 0 Å². The zero-order valence-electron chi connectivity index (χ0n) is 10.9. The van der Waals surface area contributed by atoms with E-state index >= 15 is 0 Å². The largest absolute Gasteiger partial charge is 0.389 e. The van der Waals surface area contributed by atoms with Crippen molar-refractivity contribution in [3.63, 3.8) is 0 Å².